The van der Waals surface area contributed by atoms with Crippen molar-refractivity contribution in [1.29, 1.82) is 0 Å². The Morgan fingerprint density at radius 1 is 1.11 bits per heavy atom. The third-order valence-corrected chi connectivity index (χ3v) is 4.39. The fourth-order valence-corrected chi connectivity index (χ4v) is 3.14. The van der Waals surface area contributed by atoms with Crippen LogP contribution in [0.1, 0.15) is 24.8 Å². The normalized spacial score (nSPS) is 25.8. The molecule has 0 aliphatic carbocycles. The van der Waals surface area contributed by atoms with E-state index in [9.17, 15) is 0 Å². The average molecular weight is 260 g/mol. The smallest absolute Gasteiger partial charge is 0.0622 e. The van der Waals surface area contributed by atoms with E-state index in [0.717, 1.165) is 19.8 Å². The average Bonchev–Trinajstić information content (AvgIpc) is 3.01. The van der Waals surface area contributed by atoms with E-state index in [1.807, 2.05) is 0 Å². The molecule has 2 fully saturated rings. The van der Waals surface area contributed by atoms with Gasteiger partial charge in [0.1, 0.15) is 0 Å². The maximum absolute atomic E-state index is 5.49. The number of nitrogens with one attached hydrogen (secondary N) is 1. The second kappa shape index (κ2) is 6.51. The molecule has 3 nitrogen and oxygen atoms in total. The summed E-state index contributed by atoms with van der Waals surface area (Å²) in [5.41, 5.74) is 1.38. The molecule has 2 heterocycles. The molecule has 0 saturated carbocycles. The number of likely N-dealkylation sites (tertiary alicyclic amines) is 1. The molecule has 0 aromatic heterocycles. The number of nitrogens with zero attached hydrogens (tertiary/aromatic N) is 1. The van der Waals surface area contributed by atoms with Crippen LogP contribution in [0.25, 0.3) is 0 Å². The molecule has 0 bridgehead atoms. The Labute approximate surface area is 115 Å². The van der Waals surface area contributed by atoms with Gasteiger partial charge in [0.05, 0.1) is 6.61 Å². The Kier molecular flexibility index (Phi) is 4.49. The molecule has 0 unspecified atom stereocenters. The molecule has 2 aliphatic rings. The summed E-state index contributed by atoms with van der Waals surface area (Å²) >= 11 is 0. The van der Waals surface area contributed by atoms with Gasteiger partial charge in [-0.1, -0.05) is 30.3 Å². The fraction of sp³-hybridized carbons (Fsp3) is 0.625. The lowest BCUT2D eigenvalue weighted by molar-refractivity contribution is 0.117. The maximum atomic E-state index is 5.49. The largest absolute Gasteiger partial charge is 0.380 e. The zero-order valence-electron chi connectivity index (χ0n) is 11.6. The summed E-state index contributed by atoms with van der Waals surface area (Å²) in [6.07, 6.45) is 3.76. The molecule has 3 heteroatoms. The van der Waals surface area contributed by atoms with E-state index in [0.29, 0.717) is 12.1 Å². The first-order valence-electron chi connectivity index (χ1n) is 7.51. The zero-order chi connectivity index (χ0) is 12.9. The Hall–Kier alpha value is -0.900. The summed E-state index contributed by atoms with van der Waals surface area (Å²) < 4.78 is 5.49. The molecule has 1 N–H and O–H groups in total. The standard InChI is InChI=1S/C16H24N2O/c1-2-4-14(5-3-1)12-17-15-6-9-18(10-7-15)16-8-11-19-13-16/h1-5,15-17H,6-13H2/t16-/m0/s1. The van der Waals surface area contributed by atoms with Crippen LogP contribution < -0.4 is 5.32 Å². The summed E-state index contributed by atoms with van der Waals surface area (Å²) in [4.78, 5) is 2.62. The van der Waals surface area contributed by atoms with Crippen molar-refractivity contribution in [3.8, 4) is 0 Å². The lowest BCUT2D eigenvalue weighted by Gasteiger charge is -2.35. The molecule has 0 spiro atoms. The van der Waals surface area contributed by atoms with Gasteiger partial charge in [0.25, 0.3) is 0 Å². The Bertz CT molecular complexity index is 368. The van der Waals surface area contributed by atoms with Crippen molar-refractivity contribution in [3.05, 3.63) is 35.9 Å². The molecular formula is C16H24N2O. The van der Waals surface area contributed by atoms with Gasteiger partial charge in [-0.05, 0) is 24.8 Å². The first-order valence-corrected chi connectivity index (χ1v) is 7.51. The topological polar surface area (TPSA) is 24.5 Å². The number of benzene rings is 1. The predicted octanol–water partition coefficient (Wildman–Crippen LogP) is 2.03. The quantitative estimate of drug-likeness (QED) is 0.896. The van der Waals surface area contributed by atoms with Crippen LogP contribution in [0.5, 0.6) is 0 Å². The van der Waals surface area contributed by atoms with Gasteiger partial charge >= 0.3 is 0 Å². The monoisotopic (exact) mass is 260 g/mol. The van der Waals surface area contributed by atoms with Gasteiger partial charge in [-0.15, -0.1) is 0 Å². The summed E-state index contributed by atoms with van der Waals surface area (Å²) in [7, 11) is 0. The van der Waals surface area contributed by atoms with Crippen molar-refractivity contribution in [2.24, 2.45) is 0 Å². The van der Waals surface area contributed by atoms with E-state index in [4.69, 9.17) is 4.74 Å². The molecule has 104 valence electrons. The van der Waals surface area contributed by atoms with E-state index in [1.165, 1.54) is 37.9 Å². The van der Waals surface area contributed by atoms with E-state index in [-0.39, 0.29) is 0 Å². The predicted molar refractivity (Wildman–Crippen MR) is 77.1 cm³/mol. The summed E-state index contributed by atoms with van der Waals surface area (Å²) in [6.45, 7) is 5.35. The van der Waals surface area contributed by atoms with Crippen LogP contribution >= 0.6 is 0 Å². The molecule has 2 saturated heterocycles. The van der Waals surface area contributed by atoms with Crippen molar-refractivity contribution >= 4 is 0 Å². The minimum Gasteiger partial charge on any atom is -0.380 e. The van der Waals surface area contributed by atoms with Crippen molar-refractivity contribution in [2.45, 2.75) is 37.9 Å². The molecule has 19 heavy (non-hydrogen) atoms. The van der Waals surface area contributed by atoms with Gasteiger partial charge in [0.2, 0.25) is 0 Å². The molecule has 1 aromatic carbocycles. The second-order valence-corrected chi connectivity index (χ2v) is 5.69. The maximum Gasteiger partial charge on any atom is 0.0622 e. The molecule has 2 aliphatic heterocycles. The van der Waals surface area contributed by atoms with Crippen LogP contribution in [0.2, 0.25) is 0 Å². The summed E-state index contributed by atoms with van der Waals surface area (Å²) in [5.74, 6) is 0. The van der Waals surface area contributed by atoms with Crippen molar-refractivity contribution in [2.75, 3.05) is 26.3 Å². The Balaban J connectivity index is 1.40. The lowest BCUT2D eigenvalue weighted by Crippen LogP contribution is -2.46. The van der Waals surface area contributed by atoms with Crippen LogP contribution in [0.3, 0.4) is 0 Å². The number of piperidine rings is 1. The van der Waals surface area contributed by atoms with Gasteiger partial charge in [-0.25, -0.2) is 0 Å². The third kappa shape index (κ3) is 3.56. The number of rotatable bonds is 4. The highest BCUT2D eigenvalue weighted by molar-refractivity contribution is 5.14. The summed E-state index contributed by atoms with van der Waals surface area (Å²) in [6, 6.07) is 12.1. The van der Waals surface area contributed by atoms with Crippen LogP contribution in [0, 0.1) is 0 Å². The number of hydrogen-bond donors (Lipinski definition) is 1. The van der Waals surface area contributed by atoms with Crippen LogP contribution in [-0.4, -0.2) is 43.3 Å². The van der Waals surface area contributed by atoms with E-state index < -0.39 is 0 Å². The molecule has 3 rings (SSSR count). The van der Waals surface area contributed by atoms with Gasteiger partial charge in [-0.2, -0.15) is 0 Å². The fourth-order valence-electron chi connectivity index (χ4n) is 3.14. The number of hydrogen-bond acceptors (Lipinski definition) is 3. The Morgan fingerprint density at radius 2 is 1.89 bits per heavy atom. The van der Waals surface area contributed by atoms with E-state index >= 15 is 0 Å². The highest BCUT2D eigenvalue weighted by Crippen LogP contribution is 2.18. The first kappa shape index (κ1) is 13.1. The van der Waals surface area contributed by atoms with Crippen LogP contribution in [0.4, 0.5) is 0 Å². The highest BCUT2D eigenvalue weighted by atomic mass is 16.5. The van der Waals surface area contributed by atoms with Crippen molar-refractivity contribution in [3.63, 3.8) is 0 Å². The van der Waals surface area contributed by atoms with Crippen LogP contribution in [0.15, 0.2) is 30.3 Å². The van der Waals surface area contributed by atoms with Crippen LogP contribution in [-0.2, 0) is 11.3 Å². The van der Waals surface area contributed by atoms with Gasteiger partial charge in [-0.3, -0.25) is 4.90 Å². The SMILES string of the molecule is c1ccc(CNC2CCN([C@H]3CCOC3)CC2)cc1. The summed E-state index contributed by atoms with van der Waals surface area (Å²) in [5, 5.41) is 3.69. The van der Waals surface area contributed by atoms with Gasteiger partial charge in [0, 0.05) is 38.3 Å². The minimum absolute atomic E-state index is 0.679. The minimum atomic E-state index is 0.679. The lowest BCUT2D eigenvalue weighted by atomic mass is 10.0. The highest BCUT2D eigenvalue weighted by Gasteiger charge is 2.27. The van der Waals surface area contributed by atoms with Crippen molar-refractivity contribution in [1.82, 2.24) is 10.2 Å². The second-order valence-electron chi connectivity index (χ2n) is 5.69. The molecule has 0 amide bonds. The van der Waals surface area contributed by atoms with Gasteiger partial charge in [0.15, 0.2) is 0 Å². The zero-order valence-corrected chi connectivity index (χ0v) is 11.6. The number of ether oxygens (including phenoxy) is 1. The third-order valence-electron chi connectivity index (χ3n) is 4.39. The molecule has 1 aromatic rings. The first-order chi connectivity index (χ1) is 9.42. The Morgan fingerprint density at radius 3 is 2.58 bits per heavy atom. The molecule has 0 radical (unpaired) electrons. The van der Waals surface area contributed by atoms with E-state index in [2.05, 4.69) is 40.5 Å². The van der Waals surface area contributed by atoms with Crippen molar-refractivity contribution < 1.29 is 4.74 Å². The van der Waals surface area contributed by atoms with Gasteiger partial charge < -0.3 is 10.1 Å². The molecule has 1 atom stereocenters. The van der Waals surface area contributed by atoms with E-state index in [1.54, 1.807) is 0 Å². The molecular weight excluding hydrogens is 236 g/mol.